The second-order valence-electron chi connectivity index (χ2n) is 7.26. The SMILES string of the molecule is COc1ccccc1/C=N\n1c(N)c(C(=O)Nc2ccccc2)c2nc3ccccc3nc21. The number of nitrogens with one attached hydrogen (secondary N) is 1. The van der Waals surface area contributed by atoms with E-state index in [-0.39, 0.29) is 17.3 Å². The fraction of sp³-hybridized carbons (Fsp3) is 0.0400. The van der Waals surface area contributed by atoms with Crippen molar-refractivity contribution in [3.63, 3.8) is 0 Å². The minimum atomic E-state index is -0.389. The van der Waals surface area contributed by atoms with E-state index in [0.717, 1.165) is 5.56 Å². The smallest absolute Gasteiger partial charge is 0.261 e. The van der Waals surface area contributed by atoms with Crippen molar-refractivity contribution in [1.82, 2.24) is 14.6 Å². The topological polar surface area (TPSA) is 107 Å². The highest BCUT2D eigenvalue weighted by Crippen LogP contribution is 2.29. The fourth-order valence-electron chi connectivity index (χ4n) is 3.60. The molecule has 0 aliphatic rings. The van der Waals surface area contributed by atoms with Crippen LogP contribution in [0.4, 0.5) is 11.5 Å². The summed E-state index contributed by atoms with van der Waals surface area (Å²) in [6, 6.07) is 24.1. The number of para-hydroxylation sites is 4. The average molecular weight is 436 g/mol. The van der Waals surface area contributed by atoms with E-state index in [1.165, 1.54) is 4.68 Å². The monoisotopic (exact) mass is 436 g/mol. The number of methoxy groups -OCH3 is 1. The molecule has 0 spiro atoms. The van der Waals surface area contributed by atoms with Crippen LogP contribution in [0.5, 0.6) is 5.75 Å². The van der Waals surface area contributed by atoms with Crippen LogP contribution in [0.25, 0.3) is 22.2 Å². The van der Waals surface area contributed by atoms with Gasteiger partial charge < -0.3 is 15.8 Å². The van der Waals surface area contributed by atoms with Crippen molar-refractivity contribution in [3.05, 3.63) is 90.0 Å². The van der Waals surface area contributed by atoms with E-state index in [0.29, 0.717) is 33.6 Å². The third kappa shape index (κ3) is 3.74. The molecule has 3 N–H and O–H groups in total. The lowest BCUT2D eigenvalue weighted by Crippen LogP contribution is -2.14. The van der Waals surface area contributed by atoms with Crippen LogP contribution in [-0.4, -0.2) is 33.9 Å². The molecule has 0 bridgehead atoms. The first-order valence-electron chi connectivity index (χ1n) is 10.3. The fourth-order valence-corrected chi connectivity index (χ4v) is 3.60. The van der Waals surface area contributed by atoms with Crippen LogP contribution in [0.15, 0.2) is 84.0 Å². The molecule has 2 aromatic heterocycles. The average Bonchev–Trinajstić information content (AvgIpc) is 3.12. The van der Waals surface area contributed by atoms with Crippen LogP contribution in [0.1, 0.15) is 15.9 Å². The van der Waals surface area contributed by atoms with Crippen LogP contribution in [0, 0.1) is 0 Å². The van der Waals surface area contributed by atoms with Gasteiger partial charge in [-0.15, -0.1) is 0 Å². The molecule has 0 atom stereocenters. The van der Waals surface area contributed by atoms with Gasteiger partial charge in [-0.2, -0.15) is 9.78 Å². The number of hydrogen-bond acceptors (Lipinski definition) is 6. The van der Waals surface area contributed by atoms with Crippen LogP contribution in [-0.2, 0) is 0 Å². The summed E-state index contributed by atoms with van der Waals surface area (Å²) in [5.41, 5.74) is 10.1. The molecular weight excluding hydrogens is 416 g/mol. The number of carbonyl (C=O) groups excluding carboxylic acids is 1. The maximum absolute atomic E-state index is 13.2. The lowest BCUT2D eigenvalue weighted by Gasteiger charge is -2.05. The maximum Gasteiger partial charge on any atom is 0.261 e. The molecule has 0 radical (unpaired) electrons. The Bertz CT molecular complexity index is 1510. The van der Waals surface area contributed by atoms with Gasteiger partial charge in [0.25, 0.3) is 5.91 Å². The first-order valence-corrected chi connectivity index (χ1v) is 10.3. The summed E-state index contributed by atoms with van der Waals surface area (Å²) in [7, 11) is 1.59. The molecular formula is C25H20N6O2. The molecule has 0 saturated carbocycles. The van der Waals surface area contributed by atoms with E-state index in [1.54, 1.807) is 25.5 Å². The highest BCUT2D eigenvalue weighted by Gasteiger charge is 2.24. The van der Waals surface area contributed by atoms with Crippen molar-refractivity contribution in [2.75, 3.05) is 18.2 Å². The zero-order chi connectivity index (χ0) is 22.8. The first kappa shape index (κ1) is 20.2. The van der Waals surface area contributed by atoms with Crippen LogP contribution < -0.4 is 15.8 Å². The van der Waals surface area contributed by atoms with E-state index in [1.807, 2.05) is 66.7 Å². The lowest BCUT2D eigenvalue weighted by atomic mass is 10.2. The summed E-state index contributed by atoms with van der Waals surface area (Å²) in [5.74, 6) is 0.411. The Kier molecular flexibility index (Phi) is 5.16. The number of hydrogen-bond donors (Lipinski definition) is 2. The minimum Gasteiger partial charge on any atom is -0.496 e. The molecule has 1 amide bonds. The number of fused-ring (bicyclic) bond motifs is 2. The summed E-state index contributed by atoms with van der Waals surface area (Å²) in [5, 5.41) is 7.41. The number of amides is 1. The molecule has 0 fully saturated rings. The Morgan fingerprint density at radius 2 is 1.64 bits per heavy atom. The number of ether oxygens (including phenoxy) is 1. The molecule has 8 heteroatoms. The van der Waals surface area contributed by atoms with Crippen LogP contribution in [0.2, 0.25) is 0 Å². The van der Waals surface area contributed by atoms with E-state index in [9.17, 15) is 4.79 Å². The quantitative estimate of drug-likeness (QED) is 0.399. The molecule has 33 heavy (non-hydrogen) atoms. The van der Waals surface area contributed by atoms with Gasteiger partial charge in [-0.25, -0.2) is 9.97 Å². The van der Waals surface area contributed by atoms with Crippen molar-refractivity contribution in [1.29, 1.82) is 0 Å². The number of benzene rings is 3. The third-order valence-electron chi connectivity index (χ3n) is 5.18. The summed E-state index contributed by atoms with van der Waals surface area (Å²) < 4.78 is 6.83. The summed E-state index contributed by atoms with van der Waals surface area (Å²) in [4.78, 5) is 22.6. The number of anilines is 2. The Hall–Kier alpha value is -4.72. The van der Waals surface area contributed by atoms with Gasteiger partial charge in [0, 0.05) is 11.3 Å². The number of aromatic nitrogens is 3. The number of rotatable bonds is 5. The molecule has 0 saturated heterocycles. The zero-order valence-corrected chi connectivity index (χ0v) is 17.8. The molecule has 5 rings (SSSR count). The molecule has 162 valence electrons. The largest absolute Gasteiger partial charge is 0.496 e. The van der Waals surface area contributed by atoms with Gasteiger partial charge in [-0.05, 0) is 36.4 Å². The lowest BCUT2D eigenvalue weighted by molar-refractivity contribution is 0.102. The van der Waals surface area contributed by atoms with E-state index < -0.39 is 0 Å². The number of nitrogens with zero attached hydrogens (tertiary/aromatic N) is 4. The molecule has 0 unspecified atom stereocenters. The predicted octanol–water partition coefficient (Wildman–Crippen LogP) is 4.31. The highest BCUT2D eigenvalue weighted by molar-refractivity contribution is 6.16. The van der Waals surface area contributed by atoms with Crippen molar-refractivity contribution in [2.45, 2.75) is 0 Å². The van der Waals surface area contributed by atoms with Gasteiger partial charge >= 0.3 is 0 Å². The normalized spacial score (nSPS) is 11.3. The van der Waals surface area contributed by atoms with Gasteiger partial charge in [0.2, 0.25) is 0 Å². The van der Waals surface area contributed by atoms with E-state index in [4.69, 9.17) is 15.5 Å². The van der Waals surface area contributed by atoms with Crippen molar-refractivity contribution < 1.29 is 9.53 Å². The maximum atomic E-state index is 13.2. The Morgan fingerprint density at radius 3 is 2.39 bits per heavy atom. The Morgan fingerprint density at radius 1 is 0.970 bits per heavy atom. The van der Waals surface area contributed by atoms with Crippen LogP contribution >= 0.6 is 0 Å². The van der Waals surface area contributed by atoms with Gasteiger partial charge in [0.15, 0.2) is 5.65 Å². The molecule has 8 nitrogen and oxygen atoms in total. The van der Waals surface area contributed by atoms with E-state index >= 15 is 0 Å². The van der Waals surface area contributed by atoms with Crippen LogP contribution in [0.3, 0.4) is 0 Å². The third-order valence-corrected chi connectivity index (χ3v) is 5.18. The number of carbonyl (C=O) groups is 1. The highest BCUT2D eigenvalue weighted by atomic mass is 16.5. The predicted molar refractivity (Wildman–Crippen MR) is 130 cm³/mol. The molecule has 5 aromatic rings. The molecule has 3 aromatic carbocycles. The number of nitrogen functional groups attached to an aromatic ring is 1. The molecule has 0 aliphatic heterocycles. The summed E-state index contributed by atoms with van der Waals surface area (Å²) in [6.45, 7) is 0. The standard InChI is InChI=1S/C25H20N6O2/c1-33-20-14-8-5-9-16(20)15-27-31-23(26)21(25(32)28-17-10-3-2-4-11-17)22-24(31)30-19-13-7-6-12-18(19)29-22/h2-15H,26H2,1H3,(H,28,32)/b27-15-. The van der Waals surface area contributed by atoms with Gasteiger partial charge in [0.05, 0.1) is 24.4 Å². The van der Waals surface area contributed by atoms with Crippen molar-refractivity contribution in [2.24, 2.45) is 5.10 Å². The Labute approximate surface area is 189 Å². The number of nitrogens with two attached hydrogens (primary N) is 1. The summed E-state index contributed by atoms with van der Waals surface area (Å²) >= 11 is 0. The molecule has 0 aliphatic carbocycles. The Balaban J connectivity index is 1.68. The molecule has 2 heterocycles. The van der Waals surface area contributed by atoms with E-state index in [2.05, 4.69) is 15.4 Å². The first-order chi connectivity index (χ1) is 16.2. The van der Waals surface area contributed by atoms with Gasteiger partial charge in [-0.3, -0.25) is 4.79 Å². The minimum absolute atomic E-state index is 0.139. The second-order valence-corrected chi connectivity index (χ2v) is 7.26. The van der Waals surface area contributed by atoms with Crippen molar-refractivity contribution >= 4 is 45.8 Å². The van der Waals surface area contributed by atoms with Crippen molar-refractivity contribution in [3.8, 4) is 5.75 Å². The second kappa shape index (κ2) is 8.43. The van der Waals surface area contributed by atoms with Gasteiger partial charge in [0.1, 0.15) is 22.6 Å². The summed E-state index contributed by atoms with van der Waals surface area (Å²) in [6.07, 6.45) is 1.62. The zero-order valence-electron chi connectivity index (χ0n) is 17.8. The van der Waals surface area contributed by atoms with Gasteiger partial charge in [-0.1, -0.05) is 42.5 Å².